The van der Waals surface area contributed by atoms with Crippen molar-refractivity contribution in [2.75, 3.05) is 17.4 Å². The Morgan fingerprint density at radius 1 is 1.24 bits per heavy atom. The zero-order valence-electron chi connectivity index (χ0n) is 19.6. The fourth-order valence-electron chi connectivity index (χ4n) is 3.19. The van der Waals surface area contributed by atoms with Gasteiger partial charge in [0.2, 0.25) is 11.8 Å². The second-order valence-corrected chi connectivity index (χ2v) is 8.94. The van der Waals surface area contributed by atoms with Crippen molar-refractivity contribution in [1.29, 1.82) is 0 Å². The molecule has 0 aliphatic heterocycles. The summed E-state index contributed by atoms with van der Waals surface area (Å²) in [6.45, 7) is 0. The van der Waals surface area contributed by atoms with E-state index in [1.54, 1.807) is 18.2 Å². The molecule has 0 aliphatic carbocycles. The maximum atomic E-state index is 13.1. The highest BCUT2D eigenvalue weighted by Gasteiger charge is 2.22. The van der Waals surface area contributed by atoms with Crippen LogP contribution in [0.1, 0.15) is 20.8 Å². The van der Waals surface area contributed by atoms with Crippen LogP contribution in [-0.4, -0.2) is 42.3 Å². The fourth-order valence-corrected chi connectivity index (χ4v) is 4.11. The maximum absolute atomic E-state index is 13.1. The van der Waals surface area contributed by atoms with Gasteiger partial charge in [-0.15, -0.1) is 0 Å². The lowest BCUT2D eigenvalue weighted by Crippen LogP contribution is -2.44. The van der Waals surface area contributed by atoms with Crippen LogP contribution in [0.2, 0.25) is 5.02 Å². The van der Waals surface area contributed by atoms with E-state index < -0.39 is 23.8 Å². The molecule has 3 rings (SSSR count). The van der Waals surface area contributed by atoms with Crippen molar-refractivity contribution in [2.24, 2.45) is 16.8 Å². The summed E-state index contributed by atoms with van der Waals surface area (Å²) in [5, 5.41) is 10.5. The maximum Gasteiger partial charge on any atom is 0.349 e. The van der Waals surface area contributed by atoms with E-state index in [0.717, 1.165) is 16.9 Å². The molecule has 0 saturated heterocycles. The molecule has 0 bridgehead atoms. The first-order valence-corrected chi connectivity index (χ1v) is 11.9. The number of anilines is 2. The first-order chi connectivity index (χ1) is 17.8. The van der Waals surface area contributed by atoms with Gasteiger partial charge in [0, 0.05) is 23.1 Å². The van der Waals surface area contributed by atoms with Crippen molar-refractivity contribution in [3.8, 4) is 0 Å². The van der Waals surface area contributed by atoms with Crippen molar-refractivity contribution in [3.05, 3.63) is 81.8 Å². The highest BCUT2D eigenvalue weighted by atomic mass is 35.5. The Hall–Kier alpha value is -4.26. The largest absolute Gasteiger partial charge is 0.465 e. The second-order valence-electron chi connectivity index (χ2n) is 7.47. The molecule has 0 unspecified atom stereocenters. The molecule has 37 heavy (non-hydrogen) atoms. The normalized spacial score (nSPS) is 11.9. The van der Waals surface area contributed by atoms with E-state index in [1.807, 2.05) is 30.3 Å². The number of carbonyl (C=O) groups is 3. The number of hydrazone groups is 1. The third-order valence-corrected chi connectivity index (χ3v) is 6.04. The number of hydrogen-bond donors (Lipinski definition) is 4. The summed E-state index contributed by atoms with van der Waals surface area (Å²) < 4.78 is 4.66. The Morgan fingerprint density at radius 3 is 2.70 bits per heavy atom. The van der Waals surface area contributed by atoms with Crippen LogP contribution in [0, 0.1) is 0 Å². The van der Waals surface area contributed by atoms with Crippen LogP contribution in [0.5, 0.6) is 0 Å². The fraction of sp³-hybridized carbons (Fsp3) is 0.125. The van der Waals surface area contributed by atoms with Crippen molar-refractivity contribution >= 4 is 64.0 Å². The van der Waals surface area contributed by atoms with Gasteiger partial charge in [-0.25, -0.2) is 15.6 Å². The quantitative estimate of drug-likeness (QED) is 0.0759. The number of nitrogens with two attached hydrogens (primary N) is 2. The number of benzene rings is 2. The average molecular weight is 542 g/mol. The van der Waals surface area contributed by atoms with Crippen molar-refractivity contribution < 1.29 is 19.1 Å². The van der Waals surface area contributed by atoms with Gasteiger partial charge in [0.15, 0.2) is 5.13 Å². The molecule has 11 nitrogen and oxygen atoms in total. The van der Waals surface area contributed by atoms with E-state index in [2.05, 4.69) is 25.5 Å². The summed E-state index contributed by atoms with van der Waals surface area (Å²) in [6, 6.07) is 13.1. The highest BCUT2D eigenvalue weighted by Crippen LogP contribution is 2.24. The lowest BCUT2D eigenvalue weighted by atomic mass is 10.1. The van der Waals surface area contributed by atoms with E-state index in [9.17, 15) is 14.4 Å². The Bertz CT molecular complexity index is 1310. The molecular weight excluding hydrogens is 518 g/mol. The van der Waals surface area contributed by atoms with Gasteiger partial charge in [-0.3, -0.25) is 14.6 Å². The van der Waals surface area contributed by atoms with Crippen LogP contribution in [-0.2, 0) is 20.7 Å². The monoisotopic (exact) mass is 541 g/mol. The van der Waals surface area contributed by atoms with Gasteiger partial charge in [-0.05, 0) is 29.8 Å². The molecule has 0 radical (unpaired) electrons. The number of thiazole rings is 1. The smallest absolute Gasteiger partial charge is 0.349 e. The minimum Gasteiger partial charge on any atom is -0.465 e. The number of nitrogens with one attached hydrogen (secondary N) is 2. The van der Waals surface area contributed by atoms with Crippen LogP contribution in [0.4, 0.5) is 10.8 Å². The Kier molecular flexibility index (Phi) is 9.72. The van der Waals surface area contributed by atoms with Gasteiger partial charge in [-0.2, -0.15) is 5.10 Å². The van der Waals surface area contributed by atoms with Crippen LogP contribution >= 0.6 is 22.9 Å². The molecular formula is C24H24ClN7O4S. The molecule has 1 heterocycles. The number of esters is 1. The van der Waals surface area contributed by atoms with Crippen molar-refractivity contribution in [2.45, 2.75) is 12.5 Å². The van der Waals surface area contributed by atoms with Gasteiger partial charge in [0.1, 0.15) is 17.3 Å². The molecule has 192 valence electrons. The molecule has 13 heteroatoms. The summed E-state index contributed by atoms with van der Waals surface area (Å²) in [5.74, 6) is 9.47. The summed E-state index contributed by atoms with van der Waals surface area (Å²) in [6.07, 6.45) is 5.48. The van der Waals surface area contributed by atoms with Gasteiger partial charge in [0.25, 0.3) is 0 Å². The SMILES string of the molecule is COC(=O)c1cnc(NC(=O)[C@H](Cc2ccccc2)NC(=O)/C=C/c2cc(Cl)ccc2N(N)/C=N\N)s1. The third-order valence-electron chi connectivity index (χ3n) is 4.91. The van der Waals surface area contributed by atoms with Crippen LogP contribution in [0.3, 0.4) is 0 Å². The molecule has 1 aromatic heterocycles. The number of nitrogens with zero attached hydrogens (tertiary/aromatic N) is 3. The van der Waals surface area contributed by atoms with Crippen LogP contribution in [0.15, 0.2) is 65.9 Å². The first-order valence-electron chi connectivity index (χ1n) is 10.7. The Labute approximate surface area is 221 Å². The summed E-state index contributed by atoms with van der Waals surface area (Å²) in [5.41, 5.74) is 1.84. The van der Waals surface area contributed by atoms with Gasteiger partial charge < -0.3 is 21.2 Å². The van der Waals surface area contributed by atoms with E-state index in [-0.39, 0.29) is 16.4 Å². The predicted octanol–water partition coefficient (Wildman–Crippen LogP) is 2.54. The van der Waals surface area contributed by atoms with E-state index in [4.69, 9.17) is 23.3 Å². The number of amides is 2. The van der Waals surface area contributed by atoms with Gasteiger partial charge >= 0.3 is 5.97 Å². The molecule has 0 aliphatic rings. The zero-order valence-corrected chi connectivity index (χ0v) is 21.2. The lowest BCUT2D eigenvalue weighted by molar-refractivity contribution is -0.123. The Balaban J connectivity index is 1.78. The number of rotatable bonds is 10. The molecule has 0 fully saturated rings. The summed E-state index contributed by atoms with van der Waals surface area (Å²) in [4.78, 5) is 41.8. The molecule has 2 aromatic carbocycles. The van der Waals surface area contributed by atoms with Gasteiger partial charge in [-0.1, -0.05) is 53.3 Å². The molecule has 0 saturated carbocycles. The summed E-state index contributed by atoms with van der Waals surface area (Å²) >= 11 is 7.06. The minimum atomic E-state index is -0.945. The van der Waals surface area contributed by atoms with E-state index in [0.29, 0.717) is 16.3 Å². The highest BCUT2D eigenvalue weighted by molar-refractivity contribution is 7.17. The number of ether oxygens (including phenoxy) is 1. The molecule has 2 amide bonds. The number of methoxy groups -OCH3 is 1. The lowest BCUT2D eigenvalue weighted by Gasteiger charge is -2.17. The summed E-state index contributed by atoms with van der Waals surface area (Å²) in [7, 11) is 1.25. The van der Waals surface area contributed by atoms with Crippen molar-refractivity contribution in [1.82, 2.24) is 10.3 Å². The molecule has 3 aromatic rings. The van der Waals surface area contributed by atoms with Crippen LogP contribution < -0.4 is 27.3 Å². The standard InChI is InChI=1S/C24H24ClN7O4S/c1-36-23(35)20-13-28-24(37-20)31-22(34)18(11-15-5-3-2-4-6-15)30-21(33)10-7-16-12-17(25)8-9-19(16)32(27)14-29-26/h2-10,12-14,18H,11,26-27H2,1H3,(H,30,33)(H,28,31,34)/b10-7+,29-14-/t18-/m0/s1. The zero-order chi connectivity index (χ0) is 26.8. The molecule has 6 N–H and O–H groups in total. The Morgan fingerprint density at radius 2 is 2.00 bits per heavy atom. The number of hydrogen-bond acceptors (Lipinski definition) is 9. The van der Waals surface area contributed by atoms with Crippen LogP contribution in [0.25, 0.3) is 6.08 Å². The van der Waals surface area contributed by atoms with E-state index >= 15 is 0 Å². The number of halogens is 1. The molecule has 0 spiro atoms. The predicted molar refractivity (Wildman–Crippen MR) is 144 cm³/mol. The second kappa shape index (κ2) is 13.2. The number of aromatic nitrogens is 1. The number of carbonyl (C=O) groups excluding carboxylic acids is 3. The third kappa shape index (κ3) is 7.87. The van der Waals surface area contributed by atoms with Crippen molar-refractivity contribution in [3.63, 3.8) is 0 Å². The topological polar surface area (TPSA) is 165 Å². The van der Waals surface area contributed by atoms with E-state index in [1.165, 1.54) is 36.8 Å². The molecule has 1 atom stereocenters. The minimum absolute atomic E-state index is 0.196. The average Bonchev–Trinajstić information content (AvgIpc) is 3.35. The van der Waals surface area contributed by atoms with Gasteiger partial charge in [0.05, 0.1) is 19.0 Å². The first kappa shape index (κ1) is 27.3. The number of hydrazine groups is 1.